The SMILES string of the molecule is CN(C)CCN1CCC(CNC(=O)CCn2c(=S)[nH]c3ccccc3c2=O)CC1. The maximum absolute atomic E-state index is 12.6. The topological polar surface area (TPSA) is 73.4 Å². The van der Waals surface area contributed by atoms with E-state index in [9.17, 15) is 9.59 Å². The van der Waals surface area contributed by atoms with Crippen LogP contribution in [0.25, 0.3) is 10.9 Å². The van der Waals surface area contributed by atoms with Crippen molar-refractivity contribution in [1.29, 1.82) is 0 Å². The number of aromatic nitrogens is 2. The molecule has 0 saturated carbocycles. The Bertz CT molecular complexity index is 944. The van der Waals surface area contributed by atoms with Gasteiger partial charge in [-0.2, -0.15) is 0 Å². The lowest BCUT2D eigenvalue weighted by Gasteiger charge is -2.32. The van der Waals surface area contributed by atoms with Crippen LogP contribution >= 0.6 is 12.2 Å². The second-order valence-corrected chi connectivity index (χ2v) is 8.46. The van der Waals surface area contributed by atoms with E-state index >= 15 is 0 Å². The molecule has 0 atom stereocenters. The number of nitrogens with zero attached hydrogens (tertiary/aromatic N) is 3. The van der Waals surface area contributed by atoms with Crippen molar-refractivity contribution in [3.8, 4) is 0 Å². The van der Waals surface area contributed by atoms with E-state index in [-0.39, 0.29) is 24.4 Å². The van der Waals surface area contributed by atoms with Gasteiger partial charge < -0.3 is 20.1 Å². The smallest absolute Gasteiger partial charge is 0.262 e. The fraction of sp³-hybridized carbons (Fsp3) is 0.571. The summed E-state index contributed by atoms with van der Waals surface area (Å²) in [4.78, 5) is 32.7. The average Bonchev–Trinajstić information content (AvgIpc) is 2.71. The summed E-state index contributed by atoms with van der Waals surface area (Å²) in [5.74, 6) is 0.496. The lowest BCUT2D eigenvalue weighted by molar-refractivity contribution is -0.121. The number of hydrogen-bond acceptors (Lipinski definition) is 5. The fourth-order valence-electron chi connectivity index (χ4n) is 3.72. The molecule has 1 aliphatic heterocycles. The van der Waals surface area contributed by atoms with Gasteiger partial charge in [0.05, 0.1) is 10.9 Å². The van der Waals surface area contributed by atoms with Crippen LogP contribution in [0.15, 0.2) is 29.1 Å². The maximum atomic E-state index is 12.6. The molecule has 7 nitrogen and oxygen atoms in total. The minimum Gasteiger partial charge on any atom is -0.356 e. The molecule has 0 unspecified atom stereocenters. The Morgan fingerprint density at radius 1 is 1.24 bits per heavy atom. The Labute approximate surface area is 176 Å². The summed E-state index contributed by atoms with van der Waals surface area (Å²) in [5, 5.41) is 3.62. The van der Waals surface area contributed by atoms with Gasteiger partial charge in [0, 0.05) is 32.6 Å². The Morgan fingerprint density at radius 3 is 2.69 bits per heavy atom. The Kier molecular flexibility index (Phi) is 7.57. The van der Waals surface area contributed by atoms with E-state index < -0.39 is 0 Å². The first-order valence-corrected chi connectivity index (χ1v) is 10.7. The molecule has 3 rings (SSSR count). The van der Waals surface area contributed by atoms with Gasteiger partial charge in [0.15, 0.2) is 4.77 Å². The van der Waals surface area contributed by atoms with Gasteiger partial charge in [-0.15, -0.1) is 0 Å². The van der Waals surface area contributed by atoms with Crippen molar-refractivity contribution in [1.82, 2.24) is 24.7 Å². The van der Waals surface area contributed by atoms with Gasteiger partial charge in [-0.3, -0.25) is 14.2 Å². The van der Waals surface area contributed by atoms with Crippen molar-refractivity contribution < 1.29 is 4.79 Å². The first kappa shape index (κ1) is 21.7. The highest BCUT2D eigenvalue weighted by Gasteiger charge is 2.19. The summed E-state index contributed by atoms with van der Waals surface area (Å²) in [6.07, 6.45) is 2.48. The molecule has 0 spiro atoms. The number of likely N-dealkylation sites (tertiary alicyclic amines) is 1. The monoisotopic (exact) mass is 417 g/mol. The molecule has 1 fully saturated rings. The minimum absolute atomic E-state index is 0.0329. The van der Waals surface area contributed by atoms with E-state index in [1.54, 1.807) is 6.07 Å². The molecule has 1 aromatic carbocycles. The highest BCUT2D eigenvalue weighted by Crippen LogP contribution is 2.16. The van der Waals surface area contributed by atoms with Gasteiger partial charge in [0.25, 0.3) is 5.56 Å². The largest absolute Gasteiger partial charge is 0.356 e. The molecule has 158 valence electrons. The molecule has 29 heavy (non-hydrogen) atoms. The summed E-state index contributed by atoms with van der Waals surface area (Å²) < 4.78 is 1.83. The number of nitrogens with one attached hydrogen (secondary N) is 2. The summed E-state index contributed by atoms with van der Waals surface area (Å²) in [5.41, 5.74) is 0.572. The zero-order valence-electron chi connectivity index (χ0n) is 17.3. The van der Waals surface area contributed by atoms with Crippen molar-refractivity contribution in [2.24, 2.45) is 5.92 Å². The fourth-order valence-corrected chi connectivity index (χ4v) is 4.00. The van der Waals surface area contributed by atoms with E-state index in [2.05, 4.69) is 34.2 Å². The van der Waals surface area contributed by atoms with Crippen LogP contribution in [-0.2, 0) is 11.3 Å². The van der Waals surface area contributed by atoms with Crippen LogP contribution in [0, 0.1) is 10.7 Å². The van der Waals surface area contributed by atoms with E-state index in [1.165, 1.54) is 4.57 Å². The molecule has 2 N–H and O–H groups in total. The first-order chi connectivity index (χ1) is 13.9. The number of benzene rings is 1. The lowest BCUT2D eigenvalue weighted by atomic mass is 9.97. The Hall–Kier alpha value is -2.03. The van der Waals surface area contributed by atoms with Crippen molar-refractivity contribution in [3.63, 3.8) is 0 Å². The third-order valence-electron chi connectivity index (χ3n) is 5.61. The molecule has 2 heterocycles. The van der Waals surface area contributed by atoms with Crippen LogP contribution in [0.1, 0.15) is 19.3 Å². The second kappa shape index (κ2) is 10.1. The number of para-hydroxylation sites is 1. The van der Waals surface area contributed by atoms with Gasteiger partial charge in [-0.25, -0.2) is 0 Å². The van der Waals surface area contributed by atoms with Crippen molar-refractivity contribution in [2.75, 3.05) is 46.8 Å². The number of rotatable bonds is 8. The maximum Gasteiger partial charge on any atom is 0.262 e. The molecule has 2 aromatic rings. The molecule has 1 amide bonds. The molecule has 1 aliphatic rings. The van der Waals surface area contributed by atoms with Gasteiger partial charge in [0.1, 0.15) is 0 Å². The predicted octanol–water partition coefficient (Wildman–Crippen LogP) is 1.84. The molecular formula is C21H31N5O2S. The third kappa shape index (κ3) is 5.98. The summed E-state index contributed by atoms with van der Waals surface area (Å²) in [7, 11) is 4.20. The molecule has 0 aliphatic carbocycles. The zero-order chi connectivity index (χ0) is 20.8. The van der Waals surface area contributed by atoms with E-state index in [0.29, 0.717) is 22.6 Å². The number of likely N-dealkylation sites (N-methyl/N-ethyl adjacent to an activating group) is 1. The molecule has 8 heteroatoms. The quantitative estimate of drug-likeness (QED) is 0.641. The van der Waals surface area contributed by atoms with Crippen molar-refractivity contribution >= 4 is 29.0 Å². The predicted molar refractivity (Wildman–Crippen MR) is 119 cm³/mol. The lowest BCUT2D eigenvalue weighted by Crippen LogP contribution is -2.41. The molecule has 1 saturated heterocycles. The average molecular weight is 418 g/mol. The van der Waals surface area contributed by atoms with Crippen molar-refractivity contribution in [2.45, 2.75) is 25.8 Å². The van der Waals surface area contributed by atoms with Crippen LogP contribution in [0.2, 0.25) is 0 Å². The van der Waals surface area contributed by atoms with Gasteiger partial charge in [-0.1, -0.05) is 12.1 Å². The molecular weight excluding hydrogens is 386 g/mol. The van der Waals surface area contributed by atoms with Crippen molar-refractivity contribution in [3.05, 3.63) is 39.4 Å². The second-order valence-electron chi connectivity index (χ2n) is 8.07. The van der Waals surface area contributed by atoms with Gasteiger partial charge >= 0.3 is 0 Å². The van der Waals surface area contributed by atoms with E-state index in [0.717, 1.165) is 44.5 Å². The summed E-state index contributed by atoms with van der Waals surface area (Å²) in [6, 6.07) is 7.28. The number of carbonyl (C=O) groups is 1. The third-order valence-corrected chi connectivity index (χ3v) is 5.93. The number of piperidine rings is 1. The van der Waals surface area contributed by atoms with Gasteiger partial charge in [0.2, 0.25) is 5.91 Å². The molecule has 0 radical (unpaired) electrons. The standard InChI is InChI=1S/C21H31N5O2S/c1-24(2)13-14-25-10-7-16(8-11-25)15-22-19(27)9-12-26-20(28)17-5-3-4-6-18(17)23-21(26)29/h3-6,16H,7-15H2,1-2H3,(H,22,27)(H,23,29). The van der Waals surface area contributed by atoms with E-state index in [4.69, 9.17) is 12.2 Å². The normalized spacial score (nSPS) is 15.8. The number of amides is 1. The highest BCUT2D eigenvalue weighted by atomic mass is 32.1. The molecule has 1 aromatic heterocycles. The van der Waals surface area contributed by atoms with Crippen LogP contribution in [0.5, 0.6) is 0 Å². The highest BCUT2D eigenvalue weighted by molar-refractivity contribution is 7.71. The van der Waals surface area contributed by atoms with Crippen LogP contribution in [0.3, 0.4) is 0 Å². The minimum atomic E-state index is -0.151. The summed E-state index contributed by atoms with van der Waals surface area (Å²) in [6.45, 7) is 5.37. The van der Waals surface area contributed by atoms with Crippen LogP contribution in [0.4, 0.5) is 0 Å². The van der Waals surface area contributed by atoms with Crippen LogP contribution in [-0.4, -0.2) is 72.1 Å². The number of fused-ring (bicyclic) bond motifs is 1. The Morgan fingerprint density at radius 2 is 1.97 bits per heavy atom. The number of carbonyl (C=O) groups excluding carboxylic acids is 1. The van der Waals surface area contributed by atoms with E-state index in [1.807, 2.05) is 18.2 Å². The number of hydrogen-bond donors (Lipinski definition) is 2. The van der Waals surface area contributed by atoms with Crippen LogP contribution < -0.4 is 10.9 Å². The first-order valence-electron chi connectivity index (χ1n) is 10.3. The Balaban J connectivity index is 1.45. The summed E-state index contributed by atoms with van der Waals surface area (Å²) >= 11 is 5.30. The number of H-pyrrole nitrogens is 1. The zero-order valence-corrected chi connectivity index (χ0v) is 18.1. The molecule has 0 bridgehead atoms. The van der Waals surface area contributed by atoms with Gasteiger partial charge in [-0.05, 0) is 70.3 Å². The number of aromatic amines is 1.